The molecule has 1 aliphatic rings. The van der Waals surface area contributed by atoms with Crippen molar-refractivity contribution in [1.29, 1.82) is 0 Å². The number of likely N-dealkylation sites (tertiary alicyclic amines) is 1. The average Bonchev–Trinajstić information content (AvgIpc) is 2.75. The molecule has 0 unspecified atom stereocenters. The number of nitrogens with zero attached hydrogens (tertiary/aromatic N) is 4. The number of aromatic nitrogens is 3. The normalized spacial score (nSPS) is 14.2. The Morgan fingerprint density at radius 2 is 1.94 bits per heavy atom. The number of pyridine rings is 1. The number of nitrogens with one attached hydrogen (secondary N) is 1. The zero-order chi connectivity index (χ0) is 24.0. The highest BCUT2D eigenvalue weighted by molar-refractivity contribution is 5.70. The highest BCUT2D eigenvalue weighted by Crippen LogP contribution is 2.25. The van der Waals surface area contributed by atoms with Gasteiger partial charge in [-0.05, 0) is 32.9 Å². The number of anilines is 2. The molecule has 0 atom stereocenters. The molecule has 0 spiro atoms. The number of methoxy groups -OCH3 is 1. The van der Waals surface area contributed by atoms with E-state index in [4.69, 9.17) is 19.3 Å². The third-order valence-electron chi connectivity index (χ3n) is 4.93. The Kier molecular flexibility index (Phi) is 7.86. The number of ether oxygens (including phenoxy) is 3. The molecule has 1 fully saturated rings. The van der Waals surface area contributed by atoms with Crippen molar-refractivity contribution >= 4 is 23.6 Å². The number of hydrogen-bond donors (Lipinski definition) is 2. The topological polar surface area (TPSA) is 136 Å². The van der Waals surface area contributed by atoms with Crippen LogP contribution in [0.25, 0.3) is 0 Å². The molecule has 11 nitrogen and oxygen atoms in total. The Bertz CT molecular complexity index is 991. The van der Waals surface area contributed by atoms with Crippen molar-refractivity contribution in [2.45, 2.75) is 52.2 Å². The van der Waals surface area contributed by atoms with Crippen LogP contribution in [-0.2, 0) is 16.0 Å². The zero-order valence-electron chi connectivity index (χ0n) is 19.2. The van der Waals surface area contributed by atoms with E-state index in [2.05, 4.69) is 20.3 Å². The van der Waals surface area contributed by atoms with Gasteiger partial charge in [0.2, 0.25) is 5.88 Å². The quantitative estimate of drug-likeness (QED) is 0.606. The zero-order valence-corrected chi connectivity index (χ0v) is 19.2. The number of hydrogen-bond acceptors (Lipinski definition) is 9. The maximum absolute atomic E-state index is 12.1. The molecule has 0 saturated carbocycles. The van der Waals surface area contributed by atoms with E-state index in [1.807, 2.05) is 13.8 Å². The van der Waals surface area contributed by atoms with Gasteiger partial charge in [-0.3, -0.25) is 9.78 Å². The van der Waals surface area contributed by atoms with Gasteiger partial charge in [0.15, 0.2) is 0 Å². The van der Waals surface area contributed by atoms with Crippen LogP contribution in [0.15, 0.2) is 18.2 Å². The number of carbonyl (C=O) groups is 2. The lowest BCUT2D eigenvalue weighted by Crippen LogP contribution is -2.42. The summed E-state index contributed by atoms with van der Waals surface area (Å²) in [6.07, 6.45) is 0.579. The fraction of sp³-hybridized carbons (Fsp3) is 0.500. The Morgan fingerprint density at radius 3 is 2.55 bits per heavy atom. The average molecular weight is 460 g/mol. The number of piperidine rings is 1. The lowest BCUT2D eigenvalue weighted by Gasteiger charge is -2.31. The van der Waals surface area contributed by atoms with Crippen molar-refractivity contribution in [2.24, 2.45) is 0 Å². The number of carboxylic acid groups (broad SMARTS) is 1. The fourth-order valence-electron chi connectivity index (χ4n) is 3.36. The molecule has 1 saturated heterocycles. The number of rotatable bonds is 8. The van der Waals surface area contributed by atoms with Gasteiger partial charge in [0, 0.05) is 32.0 Å². The second kappa shape index (κ2) is 10.8. The summed E-state index contributed by atoms with van der Waals surface area (Å²) in [5.41, 5.74) is 1.78. The summed E-state index contributed by atoms with van der Waals surface area (Å²) in [6.45, 7) is 6.50. The molecule has 178 valence electrons. The lowest BCUT2D eigenvalue weighted by molar-refractivity contribution is -0.136. The molecule has 0 bridgehead atoms. The van der Waals surface area contributed by atoms with Crippen LogP contribution < -0.4 is 14.8 Å². The van der Waals surface area contributed by atoms with E-state index in [0.717, 1.165) is 0 Å². The van der Waals surface area contributed by atoms with Crippen molar-refractivity contribution in [2.75, 3.05) is 25.5 Å². The summed E-state index contributed by atoms with van der Waals surface area (Å²) in [4.78, 5) is 37.5. The molecule has 11 heteroatoms. The van der Waals surface area contributed by atoms with E-state index >= 15 is 0 Å². The molecule has 33 heavy (non-hydrogen) atoms. The maximum Gasteiger partial charge on any atom is 0.410 e. The Morgan fingerprint density at radius 1 is 1.21 bits per heavy atom. The summed E-state index contributed by atoms with van der Waals surface area (Å²) < 4.78 is 16.5. The smallest absolute Gasteiger partial charge is 0.410 e. The molecule has 3 heterocycles. The maximum atomic E-state index is 12.1. The highest BCUT2D eigenvalue weighted by Gasteiger charge is 2.26. The van der Waals surface area contributed by atoms with Gasteiger partial charge in [-0.1, -0.05) is 0 Å². The standard InChI is InChI=1S/C22H29N5O6/c1-13(2)32-22(30)27-9-7-16(8-10-27)33-19-12-18(25-21(26-19)31-4)24-17-6-5-15(11-20(28)29)23-14(17)3/h5-6,12-13,16H,7-11H2,1-4H3,(H,28,29)(H,24,25,26). The monoisotopic (exact) mass is 459 g/mol. The molecule has 2 aromatic rings. The Balaban J connectivity index is 1.66. The lowest BCUT2D eigenvalue weighted by atomic mass is 10.1. The second-order valence-electron chi connectivity index (χ2n) is 7.95. The van der Waals surface area contributed by atoms with Crippen LogP contribution in [-0.4, -0.2) is 69.4 Å². The third kappa shape index (κ3) is 6.93. The minimum Gasteiger partial charge on any atom is -0.481 e. The van der Waals surface area contributed by atoms with E-state index in [-0.39, 0.29) is 30.7 Å². The van der Waals surface area contributed by atoms with Crippen LogP contribution >= 0.6 is 0 Å². The van der Waals surface area contributed by atoms with E-state index in [1.165, 1.54) is 7.11 Å². The van der Waals surface area contributed by atoms with Crippen molar-refractivity contribution < 1.29 is 28.9 Å². The summed E-state index contributed by atoms with van der Waals surface area (Å²) in [5.74, 6) is -0.140. The first-order valence-corrected chi connectivity index (χ1v) is 10.7. The minimum atomic E-state index is -0.937. The van der Waals surface area contributed by atoms with Crippen LogP contribution in [0.1, 0.15) is 38.1 Å². The Hall–Kier alpha value is -3.63. The molecule has 0 aliphatic carbocycles. The molecule has 2 aromatic heterocycles. The highest BCUT2D eigenvalue weighted by atomic mass is 16.6. The SMILES string of the molecule is COc1nc(Nc2ccc(CC(=O)O)nc2C)cc(OC2CCN(C(=O)OC(C)C)CC2)n1. The summed E-state index contributed by atoms with van der Waals surface area (Å²) in [7, 11) is 1.47. The molecule has 3 rings (SSSR count). The number of carbonyl (C=O) groups excluding carboxylic acids is 1. The van der Waals surface area contributed by atoms with Crippen LogP contribution in [0.2, 0.25) is 0 Å². The Labute approximate surface area is 192 Å². The van der Waals surface area contributed by atoms with Crippen molar-refractivity contribution in [3.8, 4) is 11.9 Å². The van der Waals surface area contributed by atoms with Crippen molar-refractivity contribution in [3.05, 3.63) is 29.6 Å². The van der Waals surface area contributed by atoms with E-state index in [1.54, 1.807) is 30.0 Å². The number of amides is 1. The molecule has 0 aromatic carbocycles. The number of aliphatic carboxylic acids is 1. The first-order valence-electron chi connectivity index (χ1n) is 10.7. The minimum absolute atomic E-state index is 0.112. The predicted molar refractivity (Wildman–Crippen MR) is 119 cm³/mol. The van der Waals surface area contributed by atoms with Crippen LogP contribution in [0.4, 0.5) is 16.3 Å². The third-order valence-corrected chi connectivity index (χ3v) is 4.93. The predicted octanol–water partition coefficient (Wildman–Crippen LogP) is 2.95. The largest absolute Gasteiger partial charge is 0.481 e. The van der Waals surface area contributed by atoms with Gasteiger partial charge in [0.1, 0.15) is 11.9 Å². The van der Waals surface area contributed by atoms with Crippen LogP contribution in [0, 0.1) is 6.92 Å². The van der Waals surface area contributed by atoms with Gasteiger partial charge < -0.3 is 29.5 Å². The van der Waals surface area contributed by atoms with E-state index in [9.17, 15) is 9.59 Å². The van der Waals surface area contributed by atoms with Gasteiger partial charge in [0.25, 0.3) is 0 Å². The number of carboxylic acids is 1. The summed E-state index contributed by atoms with van der Waals surface area (Å²) in [6, 6.07) is 5.20. The first kappa shape index (κ1) is 24.0. The fourth-order valence-corrected chi connectivity index (χ4v) is 3.36. The van der Waals surface area contributed by atoms with E-state index in [0.29, 0.717) is 54.7 Å². The summed E-state index contributed by atoms with van der Waals surface area (Å²) in [5, 5.41) is 12.1. The number of aryl methyl sites for hydroxylation is 1. The van der Waals surface area contributed by atoms with Gasteiger partial charge in [-0.15, -0.1) is 0 Å². The van der Waals surface area contributed by atoms with Crippen LogP contribution in [0.5, 0.6) is 11.9 Å². The molecule has 1 amide bonds. The van der Waals surface area contributed by atoms with E-state index < -0.39 is 5.97 Å². The van der Waals surface area contributed by atoms with Gasteiger partial charge in [-0.2, -0.15) is 9.97 Å². The second-order valence-corrected chi connectivity index (χ2v) is 7.95. The van der Waals surface area contributed by atoms with Crippen molar-refractivity contribution in [3.63, 3.8) is 0 Å². The van der Waals surface area contributed by atoms with Crippen LogP contribution in [0.3, 0.4) is 0 Å². The molecule has 2 N–H and O–H groups in total. The van der Waals surface area contributed by atoms with Gasteiger partial charge in [-0.25, -0.2) is 4.79 Å². The van der Waals surface area contributed by atoms with Gasteiger partial charge in [0.05, 0.1) is 36.7 Å². The molecule has 1 aliphatic heterocycles. The molecule has 0 radical (unpaired) electrons. The summed E-state index contributed by atoms with van der Waals surface area (Å²) >= 11 is 0. The molecular formula is C22H29N5O6. The first-order chi connectivity index (χ1) is 15.7. The van der Waals surface area contributed by atoms with Crippen molar-refractivity contribution in [1.82, 2.24) is 19.9 Å². The molecular weight excluding hydrogens is 430 g/mol. The van der Waals surface area contributed by atoms with Gasteiger partial charge >= 0.3 is 18.1 Å².